The van der Waals surface area contributed by atoms with Gasteiger partial charge in [0.15, 0.2) is 0 Å². The number of carbonyl (C=O) groups excluding carboxylic acids is 2. The van der Waals surface area contributed by atoms with Crippen LogP contribution in [0.1, 0.15) is 34.3 Å². The highest BCUT2D eigenvalue weighted by Gasteiger charge is 2.43. The molecule has 0 spiro atoms. The number of Topliss-reactive ketones (excluding diaryl/α,β-unsaturated/α-hetero) is 1. The first kappa shape index (κ1) is 17.0. The molecule has 1 atom stereocenters. The van der Waals surface area contributed by atoms with Gasteiger partial charge in [-0.2, -0.15) is 13.2 Å². The third-order valence-electron chi connectivity index (χ3n) is 4.73. The molecule has 1 saturated heterocycles. The molecule has 0 unspecified atom stereocenters. The molecule has 2 heterocycles. The van der Waals surface area contributed by atoms with Crippen LogP contribution in [0.5, 0.6) is 0 Å². The van der Waals surface area contributed by atoms with Gasteiger partial charge in [-0.25, -0.2) is 0 Å². The Kier molecular flexibility index (Phi) is 4.15. The van der Waals surface area contributed by atoms with Crippen molar-refractivity contribution in [3.8, 4) is 0 Å². The molecule has 7 heteroatoms. The molecular weight excluding hydrogens is 321 g/mol. The summed E-state index contributed by atoms with van der Waals surface area (Å²) in [4.78, 5) is 27.4. The number of anilines is 1. The normalized spacial score (nSPS) is 22.2. The number of fused-ring (bicyclic) bond motifs is 1. The third-order valence-corrected chi connectivity index (χ3v) is 4.73. The second kappa shape index (κ2) is 5.88. The summed E-state index contributed by atoms with van der Waals surface area (Å²) in [5, 5.41) is 0. The van der Waals surface area contributed by atoms with Gasteiger partial charge in [0.25, 0.3) is 5.78 Å². The van der Waals surface area contributed by atoms with Crippen LogP contribution in [0.3, 0.4) is 0 Å². The lowest BCUT2D eigenvalue weighted by molar-refractivity contribution is -0.186. The monoisotopic (exact) mass is 340 g/mol. The average molecular weight is 340 g/mol. The molecule has 0 N–H and O–H groups in total. The molecule has 0 aromatic heterocycles. The van der Waals surface area contributed by atoms with Gasteiger partial charge < -0.3 is 0 Å². The zero-order chi connectivity index (χ0) is 17.6. The van der Waals surface area contributed by atoms with Crippen LogP contribution >= 0.6 is 0 Å². The number of ketones is 1. The molecule has 2 aliphatic heterocycles. The Morgan fingerprint density at radius 1 is 1.21 bits per heavy atom. The van der Waals surface area contributed by atoms with Crippen molar-refractivity contribution >= 4 is 17.4 Å². The van der Waals surface area contributed by atoms with E-state index in [1.165, 1.54) is 4.90 Å². The minimum Gasteiger partial charge on any atom is -0.291 e. The van der Waals surface area contributed by atoms with Crippen molar-refractivity contribution in [1.82, 2.24) is 4.90 Å². The van der Waals surface area contributed by atoms with E-state index in [9.17, 15) is 22.8 Å². The predicted octanol–water partition coefficient (Wildman–Crippen LogP) is 3.06. The van der Waals surface area contributed by atoms with E-state index in [0.29, 0.717) is 24.2 Å². The summed E-state index contributed by atoms with van der Waals surface area (Å²) >= 11 is 0. The summed E-state index contributed by atoms with van der Waals surface area (Å²) in [6, 6.07) is 3.57. The Morgan fingerprint density at radius 3 is 2.58 bits per heavy atom. The molecule has 1 fully saturated rings. The average Bonchev–Trinajstić information content (AvgIpc) is 2.72. The number of likely N-dealkylation sites (tertiary alicyclic amines) is 1. The van der Waals surface area contributed by atoms with Crippen molar-refractivity contribution in [1.29, 1.82) is 0 Å². The van der Waals surface area contributed by atoms with E-state index in [-0.39, 0.29) is 19.6 Å². The lowest BCUT2D eigenvalue weighted by atomic mass is 9.98. The Balaban J connectivity index is 1.84. The van der Waals surface area contributed by atoms with E-state index in [1.54, 1.807) is 17.9 Å². The molecule has 1 aromatic rings. The van der Waals surface area contributed by atoms with Gasteiger partial charge >= 0.3 is 12.1 Å². The quantitative estimate of drug-likeness (QED) is 0.777. The molecule has 130 valence electrons. The second-order valence-electron chi connectivity index (χ2n) is 6.64. The van der Waals surface area contributed by atoms with Gasteiger partial charge in [0, 0.05) is 6.54 Å². The van der Waals surface area contributed by atoms with Crippen molar-refractivity contribution < 1.29 is 22.8 Å². The number of piperidine rings is 1. The summed E-state index contributed by atoms with van der Waals surface area (Å²) in [7, 11) is 0. The van der Waals surface area contributed by atoms with E-state index < -0.39 is 23.8 Å². The highest BCUT2D eigenvalue weighted by atomic mass is 19.4. The van der Waals surface area contributed by atoms with E-state index >= 15 is 0 Å². The lowest BCUT2D eigenvalue weighted by Crippen LogP contribution is -2.48. The largest absolute Gasteiger partial charge is 0.393 e. The van der Waals surface area contributed by atoms with Crippen molar-refractivity contribution in [2.45, 2.75) is 32.9 Å². The van der Waals surface area contributed by atoms with Gasteiger partial charge in [-0.1, -0.05) is 6.07 Å². The molecular formula is C17H19F3N2O2. The van der Waals surface area contributed by atoms with E-state index in [4.69, 9.17) is 0 Å². The second-order valence-corrected chi connectivity index (χ2v) is 6.64. The Labute approximate surface area is 138 Å². The van der Waals surface area contributed by atoms with Crippen molar-refractivity contribution in [3.63, 3.8) is 0 Å². The van der Waals surface area contributed by atoms with Gasteiger partial charge in [0.05, 0.1) is 23.8 Å². The SMILES string of the molecule is Cc1cc(C)c2c(c1)N(CN1CCC[C@@H](C(F)(F)F)C1)C(=O)C2=O. The predicted molar refractivity (Wildman–Crippen MR) is 83.0 cm³/mol. The van der Waals surface area contributed by atoms with Gasteiger partial charge in [-0.15, -0.1) is 0 Å². The fourth-order valence-corrected chi connectivity index (χ4v) is 3.58. The Morgan fingerprint density at radius 2 is 1.92 bits per heavy atom. The molecule has 0 bridgehead atoms. The zero-order valence-corrected chi connectivity index (χ0v) is 13.6. The maximum Gasteiger partial charge on any atom is 0.393 e. The van der Waals surface area contributed by atoms with Gasteiger partial charge in [-0.3, -0.25) is 19.4 Å². The van der Waals surface area contributed by atoms with Crippen LogP contribution in [0.15, 0.2) is 12.1 Å². The van der Waals surface area contributed by atoms with Gasteiger partial charge in [0.1, 0.15) is 0 Å². The van der Waals surface area contributed by atoms with Crippen molar-refractivity contribution in [2.75, 3.05) is 24.7 Å². The summed E-state index contributed by atoms with van der Waals surface area (Å²) in [6.07, 6.45) is -3.68. The number of aryl methyl sites for hydroxylation is 2. The number of nitrogens with zero attached hydrogens (tertiary/aromatic N) is 2. The Bertz CT molecular complexity index is 700. The number of amides is 1. The summed E-state index contributed by atoms with van der Waals surface area (Å²) in [5.41, 5.74) is 2.51. The fraction of sp³-hybridized carbons (Fsp3) is 0.529. The topological polar surface area (TPSA) is 40.6 Å². The molecule has 1 amide bonds. The highest BCUT2D eigenvalue weighted by molar-refractivity contribution is 6.52. The van der Waals surface area contributed by atoms with Gasteiger partial charge in [-0.05, 0) is 50.4 Å². The molecule has 0 saturated carbocycles. The van der Waals surface area contributed by atoms with E-state index in [2.05, 4.69) is 0 Å². The molecule has 0 aliphatic carbocycles. The number of benzene rings is 1. The number of hydrogen-bond acceptors (Lipinski definition) is 3. The minimum atomic E-state index is -4.23. The van der Waals surface area contributed by atoms with E-state index in [0.717, 1.165) is 11.1 Å². The highest BCUT2D eigenvalue weighted by Crippen LogP contribution is 2.35. The molecule has 2 aliphatic rings. The number of carbonyl (C=O) groups is 2. The van der Waals surface area contributed by atoms with Crippen LogP contribution in [0.2, 0.25) is 0 Å². The number of alkyl halides is 3. The molecule has 1 aromatic carbocycles. The molecule has 3 rings (SSSR count). The van der Waals surface area contributed by atoms with Gasteiger partial charge in [0.2, 0.25) is 0 Å². The summed E-state index contributed by atoms with van der Waals surface area (Å²) in [6.45, 7) is 4.00. The summed E-state index contributed by atoms with van der Waals surface area (Å²) < 4.78 is 38.9. The third kappa shape index (κ3) is 2.92. The standard InChI is InChI=1S/C17H19F3N2O2/c1-10-6-11(2)14-13(7-10)22(16(24)15(14)23)9-21-5-3-4-12(8-21)17(18,19)20/h6-7,12H,3-5,8-9H2,1-2H3/t12-/m1/s1. The number of hydrogen-bond donors (Lipinski definition) is 0. The van der Waals surface area contributed by atoms with Crippen LogP contribution in [0.25, 0.3) is 0 Å². The number of halogens is 3. The zero-order valence-electron chi connectivity index (χ0n) is 13.6. The van der Waals surface area contributed by atoms with Crippen LogP contribution in [-0.2, 0) is 4.79 Å². The first-order valence-electron chi connectivity index (χ1n) is 7.95. The lowest BCUT2D eigenvalue weighted by Gasteiger charge is -2.35. The Hall–Kier alpha value is -1.89. The smallest absolute Gasteiger partial charge is 0.291 e. The van der Waals surface area contributed by atoms with Crippen LogP contribution in [0.4, 0.5) is 18.9 Å². The maximum absolute atomic E-state index is 13.0. The van der Waals surface area contributed by atoms with Crippen molar-refractivity contribution in [3.05, 3.63) is 28.8 Å². The van der Waals surface area contributed by atoms with Crippen LogP contribution < -0.4 is 4.90 Å². The first-order chi connectivity index (χ1) is 11.2. The van der Waals surface area contributed by atoms with Crippen molar-refractivity contribution in [2.24, 2.45) is 5.92 Å². The van der Waals surface area contributed by atoms with Crippen LogP contribution in [-0.4, -0.2) is 42.5 Å². The maximum atomic E-state index is 13.0. The number of rotatable bonds is 2. The molecule has 24 heavy (non-hydrogen) atoms. The molecule has 0 radical (unpaired) electrons. The van der Waals surface area contributed by atoms with Crippen LogP contribution in [0, 0.1) is 19.8 Å². The van der Waals surface area contributed by atoms with E-state index in [1.807, 2.05) is 13.0 Å². The minimum absolute atomic E-state index is 0.0209. The molecule has 4 nitrogen and oxygen atoms in total. The summed E-state index contributed by atoms with van der Waals surface area (Å²) in [5.74, 6) is -2.61. The first-order valence-corrected chi connectivity index (χ1v) is 7.95. The fourth-order valence-electron chi connectivity index (χ4n) is 3.58.